The van der Waals surface area contributed by atoms with Gasteiger partial charge in [-0.3, -0.25) is 9.20 Å². The van der Waals surface area contributed by atoms with E-state index >= 15 is 0 Å². The highest BCUT2D eigenvalue weighted by molar-refractivity contribution is 7.15. The fourth-order valence-electron chi connectivity index (χ4n) is 2.21. The predicted molar refractivity (Wildman–Crippen MR) is 90.5 cm³/mol. The van der Waals surface area contributed by atoms with E-state index in [9.17, 15) is 4.79 Å². The molecule has 114 valence electrons. The maximum atomic E-state index is 11.9. The fourth-order valence-corrected chi connectivity index (χ4v) is 2.91. The Morgan fingerprint density at radius 2 is 2.05 bits per heavy atom. The number of hydrogen-bond acceptors (Lipinski definition) is 4. The molecule has 1 aliphatic rings. The lowest BCUT2D eigenvalue weighted by Crippen LogP contribution is -2.37. The van der Waals surface area contributed by atoms with Crippen LogP contribution in [-0.2, 0) is 4.79 Å². The average Bonchev–Trinajstić information content (AvgIpc) is 2.92. The third-order valence-electron chi connectivity index (χ3n) is 3.77. The zero-order valence-electron chi connectivity index (χ0n) is 11.7. The minimum Gasteiger partial charge on any atom is -0.324 e. The summed E-state index contributed by atoms with van der Waals surface area (Å²) < 4.78 is 2.00. The van der Waals surface area contributed by atoms with Crippen LogP contribution >= 0.6 is 23.7 Å². The number of fused-ring (bicyclic) bond motifs is 1. The van der Waals surface area contributed by atoms with E-state index in [1.54, 1.807) is 11.3 Å². The first-order chi connectivity index (χ1) is 10.1. The number of hydrogen-bond donors (Lipinski definition) is 2. The summed E-state index contributed by atoms with van der Waals surface area (Å²) in [5.74, 6) is -0.0993. The second-order valence-corrected chi connectivity index (χ2v) is 6.28. The fraction of sp³-hybridized carbons (Fsp3) is 0.200. The van der Waals surface area contributed by atoms with Crippen molar-refractivity contribution in [2.24, 2.45) is 5.73 Å². The van der Waals surface area contributed by atoms with Gasteiger partial charge in [-0.25, -0.2) is 4.98 Å². The molecular formula is C15H15ClN4OS. The molecule has 1 aliphatic carbocycles. The first-order valence-electron chi connectivity index (χ1n) is 6.77. The van der Waals surface area contributed by atoms with Gasteiger partial charge in [0, 0.05) is 29.0 Å². The number of aromatic nitrogens is 2. The van der Waals surface area contributed by atoms with Crippen LogP contribution in [0, 0.1) is 0 Å². The molecule has 1 saturated carbocycles. The number of imidazole rings is 1. The summed E-state index contributed by atoms with van der Waals surface area (Å²) in [6.45, 7) is 0. The van der Waals surface area contributed by atoms with E-state index in [0.717, 1.165) is 34.7 Å². The number of halogens is 1. The number of nitrogens with zero attached hydrogens (tertiary/aromatic N) is 2. The SMILES string of the molecule is Cl.NC1(C(=O)Nc2ccc(-c3cn4ccsc4n3)cc2)CC1. The molecule has 2 aromatic heterocycles. The molecule has 0 radical (unpaired) electrons. The Morgan fingerprint density at radius 1 is 1.32 bits per heavy atom. The van der Waals surface area contributed by atoms with Gasteiger partial charge in [-0.15, -0.1) is 23.7 Å². The lowest BCUT2D eigenvalue weighted by atomic mass is 10.1. The molecule has 1 amide bonds. The molecule has 2 heterocycles. The van der Waals surface area contributed by atoms with Crippen molar-refractivity contribution in [1.29, 1.82) is 0 Å². The minimum atomic E-state index is -0.646. The number of anilines is 1. The highest BCUT2D eigenvalue weighted by Crippen LogP contribution is 2.33. The van der Waals surface area contributed by atoms with Gasteiger partial charge in [0.2, 0.25) is 5.91 Å². The molecule has 0 unspecified atom stereocenters. The molecule has 4 rings (SSSR count). The molecule has 0 spiro atoms. The maximum Gasteiger partial charge on any atom is 0.244 e. The largest absolute Gasteiger partial charge is 0.324 e. The van der Waals surface area contributed by atoms with Crippen molar-refractivity contribution in [1.82, 2.24) is 9.38 Å². The quantitative estimate of drug-likeness (QED) is 0.773. The third-order valence-corrected chi connectivity index (χ3v) is 4.54. The Hall–Kier alpha value is -1.89. The van der Waals surface area contributed by atoms with Crippen molar-refractivity contribution in [2.45, 2.75) is 18.4 Å². The molecule has 1 aromatic carbocycles. The maximum absolute atomic E-state index is 11.9. The lowest BCUT2D eigenvalue weighted by molar-refractivity contribution is -0.118. The zero-order valence-corrected chi connectivity index (χ0v) is 13.3. The Balaban J connectivity index is 0.00000144. The first kappa shape index (κ1) is 15.0. The third kappa shape index (κ3) is 2.61. The molecule has 1 fully saturated rings. The van der Waals surface area contributed by atoms with Crippen LogP contribution < -0.4 is 11.1 Å². The molecule has 0 atom stereocenters. The summed E-state index contributed by atoms with van der Waals surface area (Å²) in [6.07, 6.45) is 5.52. The summed E-state index contributed by atoms with van der Waals surface area (Å²) in [7, 11) is 0. The van der Waals surface area contributed by atoms with Crippen LogP contribution in [0.15, 0.2) is 42.0 Å². The van der Waals surface area contributed by atoms with E-state index in [-0.39, 0.29) is 18.3 Å². The van der Waals surface area contributed by atoms with E-state index in [4.69, 9.17) is 5.73 Å². The van der Waals surface area contributed by atoms with E-state index in [1.807, 2.05) is 46.4 Å². The van der Waals surface area contributed by atoms with Crippen LogP contribution in [0.1, 0.15) is 12.8 Å². The Labute approximate surface area is 137 Å². The van der Waals surface area contributed by atoms with Crippen molar-refractivity contribution in [3.05, 3.63) is 42.0 Å². The van der Waals surface area contributed by atoms with Gasteiger partial charge in [-0.05, 0) is 25.0 Å². The van der Waals surface area contributed by atoms with Gasteiger partial charge in [0.05, 0.1) is 11.2 Å². The molecule has 5 nitrogen and oxygen atoms in total. The smallest absolute Gasteiger partial charge is 0.244 e. The topological polar surface area (TPSA) is 72.4 Å². The molecule has 22 heavy (non-hydrogen) atoms. The van der Waals surface area contributed by atoms with Crippen molar-refractivity contribution < 1.29 is 4.79 Å². The number of carbonyl (C=O) groups is 1. The van der Waals surface area contributed by atoms with E-state index < -0.39 is 5.54 Å². The standard InChI is InChI=1S/C15H14N4OS.ClH/c16-15(5-6-15)13(20)17-11-3-1-10(2-4-11)12-9-19-7-8-21-14(19)18-12;/h1-4,7-9H,5-6,16H2,(H,17,20);1H. The summed E-state index contributed by atoms with van der Waals surface area (Å²) in [6, 6.07) is 7.68. The number of nitrogens with two attached hydrogens (primary N) is 1. The van der Waals surface area contributed by atoms with Crippen LogP contribution in [0.5, 0.6) is 0 Å². The second-order valence-electron chi connectivity index (χ2n) is 5.41. The number of thiazole rings is 1. The van der Waals surface area contributed by atoms with Gasteiger partial charge in [0.25, 0.3) is 0 Å². The molecule has 0 bridgehead atoms. The van der Waals surface area contributed by atoms with Gasteiger partial charge >= 0.3 is 0 Å². The van der Waals surface area contributed by atoms with Crippen molar-refractivity contribution >= 4 is 40.3 Å². The zero-order chi connectivity index (χ0) is 14.4. The van der Waals surface area contributed by atoms with Crippen LogP contribution in [0.3, 0.4) is 0 Å². The van der Waals surface area contributed by atoms with Gasteiger partial charge < -0.3 is 11.1 Å². The Morgan fingerprint density at radius 3 is 2.68 bits per heavy atom. The summed E-state index contributed by atoms with van der Waals surface area (Å²) in [5.41, 5.74) is 7.94. The summed E-state index contributed by atoms with van der Waals surface area (Å²) >= 11 is 1.61. The minimum absolute atomic E-state index is 0. The van der Waals surface area contributed by atoms with Crippen molar-refractivity contribution in [3.8, 4) is 11.3 Å². The number of benzene rings is 1. The first-order valence-corrected chi connectivity index (χ1v) is 7.65. The number of nitrogens with one attached hydrogen (secondary N) is 1. The highest BCUT2D eigenvalue weighted by Gasteiger charge is 2.45. The van der Waals surface area contributed by atoms with Gasteiger partial charge in [-0.2, -0.15) is 0 Å². The molecule has 7 heteroatoms. The summed E-state index contributed by atoms with van der Waals surface area (Å²) in [5, 5.41) is 4.86. The van der Waals surface area contributed by atoms with Crippen LogP contribution in [0.4, 0.5) is 5.69 Å². The van der Waals surface area contributed by atoms with Crippen molar-refractivity contribution in [2.75, 3.05) is 5.32 Å². The molecule has 3 N–H and O–H groups in total. The van der Waals surface area contributed by atoms with Crippen molar-refractivity contribution in [3.63, 3.8) is 0 Å². The number of carbonyl (C=O) groups excluding carboxylic acids is 1. The lowest BCUT2D eigenvalue weighted by Gasteiger charge is -2.10. The van der Waals surface area contributed by atoms with Gasteiger partial charge in [0.15, 0.2) is 4.96 Å². The molecular weight excluding hydrogens is 320 g/mol. The Kier molecular flexibility index (Phi) is 3.68. The van der Waals surface area contributed by atoms with E-state index in [1.165, 1.54) is 0 Å². The van der Waals surface area contributed by atoms with Gasteiger partial charge in [-0.1, -0.05) is 12.1 Å². The van der Waals surface area contributed by atoms with Crippen LogP contribution in [0.25, 0.3) is 16.2 Å². The summed E-state index contributed by atoms with van der Waals surface area (Å²) in [4.78, 5) is 17.4. The predicted octanol–water partition coefficient (Wildman–Crippen LogP) is 2.91. The van der Waals surface area contributed by atoms with E-state index in [0.29, 0.717) is 0 Å². The number of rotatable bonds is 3. The molecule has 3 aromatic rings. The number of amides is 1. The van der Waals surface area contributed by atoms with Gasteiger partial charge in [0.1, 0.15) is 0 Å². The monoisotopic (exact) mass is 334 g/mol. The highest BCUT2D eigenvalue weighted by atomic mass is 35.5. The normalized spacial score (nSPS) is 15.3. The van der Waals surface area contributed by atoms with Crippen LogP contribution in [-0.4, -0.2) is 20.8 Å². The average molecular weight is 335 g/mol. The Bertz CT molecular complexity index is 791. The molecule has 0 saturated heterocycles. The second kappa shape index (κ2) is 5.39. The van der Waals surface area contributed by atoms with E-state index in [2.05, 4.69) is 10.3 Å². The molecule has 0 aliphatic heterocycles. The van der Waals surface area contributed by atoms with Crippen LogP contribution in [0.2, 0.25) is 0 Å².